The van der Waals surface area contributed by atoms with Gasteiger partial charge in [-0.15, -0.1) is 0 Å². The molecule has 1 aliphatic carbocycles. The van der Waals surface area contributed by atoms with Gasteiger partial charge in [-0.1, -0.05) is 30.3 Å². The molecule has 1 heterocycles. The van der Waals surface area contributed by atoms with Crippen LogP contribution in [-0.2, 0) is 20.9 Å². The lowest BCUT2D eigenvalue weighted by atomic mass is 10.2. The van der Waals surface area contributed by atoms with Crippen LogP contribution in [0.4, 0.5) is 4.79 Å². The van der Waals surface area contributed by atoms with Crippen LogP contribution in [0.2, 0.25) is 0 Å². The lowest BCUT2D eigenvalue weighted by molar-refractivity contribution is -0.141. The van der Waals surface area contributed by atoms with Gasteiger partial charge in [0.1, 0.15) is 6.61 Å². The number of likely N-dealkylation sites (tertiary alicyclic amines) is 1. The smallest absolute Gasteiger partial charge is 0.410 e. The molecule has 1 saturated carbocycles. The number of rotatable bonds is 4. The topological polar surface area (TPSA) is 55.8 Å². The van der Waals surface area contributed by atoms with Crippen LogP contribution in [0.25, 0.3) is 0 Å². The van der Waals surface area contributed by atoms with Crippen LogP contribution < -0.4 is 0 Å². The van der Waals surface area contributed by atoms with E-state index in [0.717, 1.165) is 5.56 Å². The molecule has 0 spiro atoms. The van der Waals surface area contributed by atoms with Gasteiger partial charge in [0.25, 0.3) is 0 Å². The monoisotopic (exact) mass is 289 g/mol. The van der Waals surface area contributed by atoms with Gasteiger partial charge in [0.2, 0.25) is 0 Å². The van der Waals surface area contributed by atoms with Crippen LogP contribution in [0.1, 0.15) is 12.0 Å². The molecule has 1 aromatic carbocycles. The Bertz CT molecular complexity index is 518. The Balaban J connectivity index is 1.42. The second-order valence-corrected chi connectivity index (χ2v) is 5.72. The summed E-state index contributed by atoms with van der Waals surface area (Å²) >= 11 is 0. The molecule has 0 aromatic heterocycles. The minimum Gasteiger partial charge on any atom is -0.469 e. The van der Waals surface area contributed by atoms with Crippen molar-refractivity contribution in [2.75, 3.05) is 20.2 Å². The lowest BCUT2D eigenvalue weighted by Gasteiger charge is -2.19. The first kappa shape index (κ1) is 13.9. The summed E-state index contributed by atoms with van der Waals surface area (Å²) in [6.45, 7) is 1.69. The van der Waals surface area contributed by atoms with E-state index in [2.05, 4.69) is 4.74 Å². The molecule has 21 heavy (non-hydrogen) atoms. The summed E-state index contributed by atoms with van der Waals surface area (Å²) in [6.07, 6.45) is 0.210. The summed E-state index contributed by atoms with van der Waals surface area (Å²) in [7, 11) is 1.41. The molecule has 0 radical (unpaired) electrons. The summed E-state index contributed by atoms with van der Waals surface area (Å²) < 4.78 is 10.00. The van der Waals surface area contributed by atoms with Crippen LogP contribution in [0.15, 0.2) is 30.3 Å². The maximum Gasteiger partial charge on any atom is 0.410 e. The molecule has 0 bridgehead atoms. The maximum atomic E-state index is 12.0. The van der Waals surface area contributed by atoms with Gasteiger partial charge < -0.3 is 14.4 Å². The molecule has 1 aromatic rings. The van der Waals surface area contributed by atoms with Gasteiger partial charge in [0.15, 0.2) is 0 Å². The van der Waals surface area contributed by atoms with Crippen molar-refractivity contribution in [3.8, 4) is 0 Å². The number of benzene rings is 1. The van der Waals surface area contributed by atoms with Crippen molar-refractivity contribution in [3.05, 3.63) is 35.9 Å². The van der Waals surface area contributed by atoms with Crippen molar-refractivity contribution in [2.45, 2.75) is 13.0 Å². The zero-order chi connectivity index (χ0) is 14.8. The van der Waals surface area contributed by atoms with E-state index >= 15 is 0 Å². The summed E-state index contributed by atoms with van der Waals surface area (Å²) in [5.74, 6) is 1.10. The van der Waals surface area contributed by atoms with Gasteiger partial charge >= 0.3 is 12.1 Å². The number of nitrogens with zero attached hydrogens (tertiary/aromatic N) is 1. The Hall–Kier alpha value is -2.04. The Labute approximate surface area is 123 Å². The number of hydrogen-bond donors (Lipinski definition) is 0. The average molecular weight is 289 g/mol. The number of piperidine rings is 1. The van der Waals surface area contributed by atoms with Crippen molar-refractivity contribution in [2.24, 2.45) is 17.8 Å². The number of amides is 1. The van der Waals surface area contributed by atoms with Crippen molar-refractivity contribution >= 4 is 12.1 Å². The maximum absolute atomic E-state index is 12.0. The van der Waals surface area contributed by atoms with Crippen LogP contribution in [0.3, 0.4) is 0 Å². The minimum atomic E-state index is -0.261. The fraction of sp³-hybridized carbons (Fsp3) is 0.500. The van der Waals surface area contributed by atoms with Gasteiger partial charge in [0, 0.05) is 19.5 Å². The third-order valence-corrected chi connectivity index (χ3v) is 4.46. The number of ether oxygens (including phenoxy) is 2. The lowest BCUT2D eigenvalue weighted by Crippen LogP contribution is -2.32. The molecule has 2 atom stereocenters. The molecule has 2 fully saturated rings. The number of esters is 1. The van der Waals surface area contributed by atoms with Gasteiger partial charge in [-0.3, -0.25) is 4.79 Å². The third-order valence-electron chi connectivity index (χ3n) is 4.46. The van der Waals surface area contributed by atoms with Crippen LogP contribution in [-0.4, -0.2) is 37.2 Å². The molecule has 1 amide bonds. The van der Waals surface area contributed by atoms with Crippen molar-refractivity contribution in [1.29, 1.82) is 0 Å². The average Bonchev–Trinajstić information content (AvgIpc) is 2.96. The van der Waals surface area contributed by atoms with Gasteiger partial charge in [-0.05, 0) is 23.3 Å². The van der Waals surface area contributed by atoms with E-state index in [0.29, 0.717) is 43.9 Å². The predicted octanol–water partition coefficient (Wildman–Crippen LogP) is 2.06. The van der Waals surface area contributed by atoms with E-state index in [9.17, 15) is 9.59 Å². The van der Waals surface area contributed by atoms with E-state index < -0.39 is 0 Å². The van der Waals surface area contributed by atoms with E-state index in [1.165, 1.54) is 7.11 Å². The highest BCUT2D eigenvalue weighted by Gasteiger charge is 2.57. The van der Waals surface area contributed by atoms with Crippen molar-refractivity contribution in [1.82, 2.24) is 4.90 Å². The second-order valence-electron chi connectivity index (χ2n) is 5.72. The fourth-order valence-electron chi connectivity index (χ4n) is 3.19. The first-order valence-electron chi connectivity index (χ1n) is 7.21. The first-order valence-corrected chi connectivity index (χ1v) is 7.21. The van der Waals surface area contributed by atoms with E-state index in [4.69, 9.17) is 4.74 Å². The number of carbonyl (C=O) groups excluding carboxylic acids is 2. The Morgan fingerprint density at radius 1 is 1.19 bits per heavy atom. The van der Waals surface area contributed by atoms with Crippen LogP contribution in [0.5, 0.6) is 0 Å². The molecule has 1 aliphatic heterocycles. The highest BCUT2D eigenvalue weighted by molar-refractivity contribution is 5.71. The number of methoxy groups -OCH3 is 1. The van der Waals surface area contributed by atoms with Gasteiger partial charge in [-0.25, -0.2) is 4.79 Å². The van der Waals surface area contributed by atoms with Gasteiger partial charge in [-0.2, -0.15) is 0 Å². The van der Waals surface area contributed by atoms with Crippen LogP contribution >= 0.6 is 0 Å². The zero-order valence-electron chi connectivity index (χ0n) is 12.0. The third kappa shape index (κ3) is 3.01. The van der Waals surface area contributed by atoms with E-state index in [1.54, 1.807) is 4.90 Å². The standard InChI is InChI=1S/C16H19NO4/c1-20-15(18)7-12-13-8-17(9-14(12)13)16(19)21-10-11-5-3-2-4-6-11/h2-6,12-14H,7-10H2,1H3. The predicted molar refractivity (Wildman–Crippen MR) is 75.3 cm³/mol. The summed E-state index contributed by atoms with van der Waals surface area (Å²) in [6, 6.07) is 9.64. The van der Waals surface area contributed by atoms with Crippen LogP contribution in [0, 0.1) is 17.8 Å². The molecule has 112 valence electrons. The normalized spacial score (nSPS) is 26.1. The molecule has 5 heteroatoms. The number of fused-ring (bicyclic) bond motifs is 1. The Morgan fingerprint density at radius 3 is 2.48 bits per heavy atom. The largest absolute Gasteiger partial charge is 0.469 e. The quantitative estimate of drug-likeness (QED) is 0.796. The Kier molecular flexibility index (Phi) is 3.82. The SMILES string of the molecule is COC(=O)CC1C2CN(C(=O)OCc3ccccc3)CC12. The zero-order valence-corrected chi connectivity index (χ0v) is 12.0. The molecule has 0 N–H and O–H groups in total. The van der Waals surface area contributed by atoms with E-state index in [1.807, 2.05) is 30.3 Å². The van der Waals surface area contributed by atoms with Crippen molar-refractivity contribution in [3.63, 3.8) is 0 Å². The highest BCUT2D eigenvalue weighted by atomic mass is 16.6. The van der Waals surface area contributed by atoms with Gasteiger partial charge in [0.05, 0.1) is 7.11 Å². The minimum absolute atomic E-state index is 0.160. The second kappa shape index (κ2) is 5.76. The summed E-state index contributed by atoms with van der Waals surface area (Å²) in [5, 5.41) is 0. The highest BCUT2D eigenvalue weighted by Crippen LogP contribution is 2.53. The molecular formula is C16H19NO4. The molecule has 2 unspecified atom stereocenters. The molecule has 3 rings (SSSR count). The molecular weight excluding hydrogens is 270 g/mol. The number of carbonyl (C=O) groups is 2. The first-order chi connectivity index (χ1) is 10.2. The molecule has 2 aliphatic rings. The van der Waals surface area contributed by atoms with E-state index in [-0.39, 0.29) is 12.1 Å². The summed E-state index contributed by atoms with van der Waals surface area (Å²) in [4.78, 5) is 25.0. The number of hydrogen-bond acceptors (Lipinski definition) is 4. The fourth-order valence-corrected chi connectivity index (χ4v) is 3.19. The Morgan fingerprint density at radius 2 is 1.86 bits per heavy atom. The molecule has 5 nitrogen and oxygen atoms in total. The van der Waals surface area contributed by atoms with Crippen molar-refractivity contribution < 1.29 is 19.1 Å². The molecule has 1 saturated heterocycles. The summed E-state index contributed by atoms with van der Waals surface area (Å²) in [5.41, 5.74) is 0.985.